The molecular weight excluding hydrogens is 595 g/mol. The van der Waals surface area contributed by atoms with Crippen LogP contribution < -0.4 is 30.3 Å². The fraction of sp³-hybridized carbons (Fsp3) is 0.379. The minimum absolute atomic E-state index is 0.146. The Hall–Kier alpha value is -3.77. The number of hydrogen-bond donors (Lipinski definition) is 3. The van der Waals surface area contributed by atoms with Gasteiger partial charge in [0, 0.05) is 28.5 Å². The third-order valence-corrected chi connectivity index (χ3v) is 8.85. The molecule has 0 fully saturated rings. The highest BCUT2D eigenvalue weighted by Crippen LogP contribution is 2.38. The third-order valence-electron chi connectivity index (χ3n) is 5.63. The van der Waals surface area contributed by atoms with Gasteiger partial charge in [-0.15, -0.1) is 11.3 Å². The molecule has 0 bridgehead atoms. The summed E-state index contributed by atoms with van der Waals surface area (Å²) in [5, 5.41) is 10.9. The Balaban J connectivity index is 1.88. The van der Waals surface area contributed by atoms with Gasteiger partial charge in [-0.3, -0.25) is 24.3 Å². The molecule has 3 rings (SSSR count). The molecule has 14 heteroatoms. The normalized spacial score (nSPS) is 12.7. The van der Waals surface area contributed by atoms with E-state index in [4.69, 9.17) is 18.9 Å². The Morgan fingerprint density at radius 2 is 1.44 bits per heavy atom. The van der Waals surface area contributed by atoms with Crippen molar-refractivity contribution in [1.29, 1.82) is 0 Å². The molecule has 2 atom stereocenters. The summed E-state index contributed by atoms with van der Waals surface area (Å²) >= 11 is 1.30. The second kappa shape index (κ2) is 15.6. The van der Waals surface area contributed by atoms with Gasteiger partial charge in [0.05, 0.1) is 19.3 Å². The van der Waals surface area contributed by atoms with E-state index < -0.39 is 31.5 Å². The minimum Gasteiger partial charge on any atom is -0.491 e. The zero-order chi connectivity index (χ0) is 31.6. The highest BCUT2D eigenvalue weighted by molar-refractivity contribution is 7.67. The lowest BCUT2D eigenvalue weighted by Gasteiger charge is -2.26. The van der Waals surface area contributed by atoms with E-state index in [1.807, 2.05) is 13.8 Å². The van der Waals surface area contributed by atoms with E-state index in [0.717, 1.165) is 0 Å². The van der Waals surface area contributed by atoms with Crippen LogP contribution in [-0.2, 0) is 23.6 Å². The number of aromatic nitrogens is 1. The van der Waals surface area contributed by atoms with E-state index in [1.165, 1.54) is 25.2 Å². The van der Waals surface area contributed by atoms with E-state index in [1.54, 1.807) is 67.9 Å². The maximum Gasteiger partial charge on any atom is 0.323 e. The summed E-state index contributed by atoms with van der Waals surface area (Å²) in [5.74, 6) is -0.416. The maximum absolute atomic E-state index is 14.2. The SMILES string of the molecule is CCOC(=O)[C@H](C)NP(=O)(N[C@@H](C)C(=O)OCC)c1ccc(Oc2cc(OC(C)C)cc(C(=O)Nc3nccs3)c2)cc1. The predicted octanol–water partition coefficient (Wildman–Crippen LogP) is 4.88. The van der Waals surface area contributed by atoms with Crippen molar-refractivity contribution < 1.29 is 37.9 Å². The first-order valence-corrected chi connectivity index (χ1v) is 16.3. The minimum atomic E-state index is -3.75. The van der Waals surface area contributed by atoms with Crippen molar-refractivity contribution in [2.75, 3.05) is 18.5 Å². The van der Waals surface area contributed by atoms with Crippen LogP contribution >= 0.6 is 18.8 Å². The number of anilines is 1. The topological polar surface area (TPSA) is 154 Å². The Bertz CT molecular complexity index is 1400. The van der Waals surface area contributed by atoms with E-state index in [0.29, 0.717) is 27.9 Å². The van der Waals surface area contributed by atoms with Gasteiger partial charge >= 0.3 is 11.9 Å². The van der Waals surface area contributed by atoms with Crippen molar-refractivity contribution in [3.63, 3.8) is 0 Å². The first kappa shape index (κ1) is 33.7. The number of esters is 2. The summed E-state index contributed by atoms with van der Waals surface area (Å²) in [7, 11) is -3.75. The molecule has 3 N–H and O–H groups in total. The van der Waals surface area contributed by atoms with E-state index >= 15 is 0 Å². The van der Waals surface area contributed by atoms with Gasteiger partial charge in [0.1, 0.15) is 29.3 Å². The second-order valence-electron chi connectivity index (χ2n) is 9.56. The molecule has 1 aromatic heterocycles. The molecule has 1 amide bonds. The number of carbonyl (C=O) groups is 3. The summed E-state index contributed by atoms with van der Waals surface area (Å²) in [6.07, 6.45) is 1.45. The van der Waals surface area contributed by atoms with Crippen LogP contribution in [0.15, 0.2) is 54.0 Å². The van der Waals surface area contributed by atoms with Gasteiger partial charge in [0.15, 0.2) is 5.13 Å². The van der Waals surface area contributed by atoms with Crippen LogP contribution in [0.2, 0.25) is 0 Å². The van der Waals surface area contributed by atoms with Gasteiger partial charge in [-0.25, -0.2) is 15.2 Å². The fourth-order valence-corrected chi connectivity index (χ4v) is 6.56. The molecule has 232 valence electrons. The fourth-order valence-electron chi connectivity index (χ4n) is 3.79. The first-order valence-electron chi connectivity index (χ1n) is 13.7. The number of ether oxygens (including phenoxy) is 4. The summed E-state index contributed by atoms with van der Waals surface area (Å²) in [4.78, 5) is 41.6. The number of carbonyl (C=O) groups excluding carboxylic acids is 3. The van der Waals surface area contributed by atoms with Crippen molar-refractivity contribution in [3.05, 3.63) is 59.6 Å². The van der Waals surface area contributed by atoms with Crippen molar-refractivity contribution in [2.45, 2.75) is 59.7 Å². The molecule has 0 aliphatic heterocycles. The average molecular weight is 633 g/mol. The van der Waals surface area contributed by atoms with Crippen LogP contribution in [0.4, 0.5) is 5.13 Å². The molecule has 0 aliphatic rings. The van der Waals surface area contributed by atoms with Crippen molar-refractivity contribution in [2.24, 2.45) is 0 Å². The van der Waals surface area contributed by atoms with Crippen LogP contribution in [0.5, 0.6) is 17.2 Å². The Labute approximate surface area is 255 Å². The lowest BCUT2D eigenvalue weighted by molar-refractivity contribution is -0.145. The summed E-state index contributed by atoms with van der Waals surface area (Å²) < 4.78 is 36.1. The lowest BCUT2D eigenvalue weighted by atomic mass is 10.2. The molecular formula is C29H37N4O8PS. The molecule has 3 aromatic rings. The quantitative estimate of drug-likeness (QED) is 0.155. The van der Waals surface area contributed by atoms with Gasteiger partial charge < -0.3 is 18.9 Å². The molecule has 43 heavy (non-hydrogen) atoms. The molecule has 0 spiro atoms. The van der Waals surface area contributed by atoms with Gasteiger partial charge in [0.2, 0.25) is 7.44 Å². The predicted molar refractivity (Wildman–Crippen MR) is 164 cm³/mol. The molecule has 0 unspecified atom stereocenters. The summed E-state index contributed by atoms with van der Waals surface area (Å²) in [5.41, 5.74) is 0.304. The number of hydrogen-bond acceptors (Lipinski definition) is 10. The molecule has 12 nitrogen and oxygen atoms in total. The van der Waals surface area contributed by atoms with Gasteiger partial charge in [-0.1, -0.05) is 0 Å². The lowest BCUT2D eigenvalue weighted by Crippen LogP contribution is -2.44. The average Bonchev–Trinajstić information content (AvgIpc) is 3.46. The maximum atomic E-state index is 14.2. The number of thiazole rings is 1. The Kier molecular flexibility index (Phi) is 12.3. The summed E-state index contributed by atoms with van der Waals surface area (Å²) in [6.45, 7) is 10.4. The van der Waals surface area contributed by atoms with Gasteiger partial charge in [0.25, 0.3) is 5.91 Å². The van der Waals surface area contributed by atoms with Crippen molar-refractivity contribution in [3.8, 4) is 17.2 Å². The highest BCUT2D eigenvalue weighted by atomic mass is 32.1. The zero-order valence-electron chi connectivity index (χ0n) is 24.9. The van der Waals surface area contributed by atoms with E-state index in [-0.39, 0.29) is 30.5 Å². The largest absolute Gasteiger partial charge is 0.491 e. The monoisotopic (exact) mass is 632 g/mol. The number of nitrogens with zero attached hydrogens (tertiary/aromatic N) is 1. The van der Waals surface area contributed by atoms with Crippen LogP contribution in [0.1, 0.15) is 51.9 Å². The molecule has 0 aliphatic carbocycles. The van der Waals surface area contributed by atoms with Crippen LogP contribution in [-0.4, -0.2) is 54.2 Å². The van der Waals surface area contributed by atoms with E-state index in [9.17, 15) is 18.9 Å². The molecule has 0 radical (unpaired) electrons. The molecule has 2 aromatic carbocycles. The van der Waals surface area contributed by atoms with Crippen LogP contribution in [0, 0.1) is 0 Å². The summed E-state index contributed by atoms with van der Waals surface area (Å²) in [6, 6.07) is 9.22. The molecule has 0 saturated carbocycles. The number of amides is 1. The number of rotatable bonds is 15. The Morgan fingerprint density at radius 1 is 0.860 bits per heavy atom. The smallest absolute Gasteiger partial charge is 0.323 e. The number of nitrogens with one attached hydrogen (secondary N) is 3. The van der Waals surface area contributed by atoms with Crippen molar-refractivity contribution >= 4 is 47.1 Å². The molecule has 1 heterocycles. The molecule has 0 saturated heterocycles. The standard InChI is InChI=1S/C29H37N4O8PS/c1-7-38-27(35)19(5)32-42(37,33-20(6)28(36)39-8-2)25-11-9-22(10-12-25)41-24-16-21(15-23(17-24)40-18(3)4)26(34)31-29-30-13-14-43-29/h9-20H,7-8H2,1-6H3,(H,30,31,34)(H2,32,33,37)/t19-,20-/m0/s1. The first-order chi connectivity index (χ1) is 20.4. The highest BCUT2D eigenvalue weighted by Gasteiger charge is 2.33. The number of benzene rings is 2. The van der Waals surface area contributed by atoms with Gasteiger partial charge in [-0.05, 0) is 77.9 Å². The second-order valence-corrected chi connectivity index (χ2v) is 12.7. The van der Waals surface area contributed by atoms with Crippen LogP contribution in [0.3, 0.4) is 0 Å². The van der Waals surface area contributed by atoms with Crippen molar-refractivity contribution in [1.82, 2.24) is 15.2 Å². The third kappa shape index (κ3) is 9.89. The zero-order valence-corrected chi connectivity index (χ0v) is 26.6. The van der Waals surface area contributed by atoms with Crippen LogP contribution in [0.25, 0.3) is 0 Å². The Morgan fingerprint density at radius 3 is 1.95 bits per heavy atom. The van der Waals surface area contributed by atoms with Gasteiger partial charge in [-0.2, -0.15) is 0 Å². The van der Waals surface area contributed by atoms with E-state index in [2.05, 4.69) is 20.5 Å².